The summed E-state index contributed by atoms with van der Waals surface area (Å²) in [6, 6.07) is 4.58. The molecule has 5 heteroatoms. The van der Waals surface area contributed by atoms with Crippen LogP contribution in [0.5, 0.6) is 0 Å². The van der Waals surface area contributed by atoms with E-state index in [2.05, 4.69) is 10.6 Å². The molecule has 1 atom stereocenters. The fourth-order valence-corrected chi connectivity index (χ4v) is 1.41. The topological polar surface area (TPSA) is 84.2 Å². The second-order valence-corrected chi connectivity index (χ2v) is 4.17. The summed E-state index contributed by atoms with van der Waals surface area (Å²) in [5, 5.41) is 5.41. The highest BCUT2D eigenvalue weighted by Gasteiger charge is 2.11. The molecule has 0 bridgehead atoms. The molecule has 0 aliphatic heterocycles. The second kappa shape index (κ2) is 6.16. The van der Waals surface area contributed by atoms with E-state index < -0.39 is 6.04 Å². The number of hydrogen-bond acceptors (Lipinski definition) is 3. The Morgan fingerprint density at radius 3 is 2.61 bits per heavy atom. The van der Waals surface area contributed by atoms with E-state index in [-0.39, 0.29) is 11.8 Å². The van der Waals surface area contributed by atoms with E-state index in [1.807, 2.05) is 13.8 Å². The predicted octanol–water partition coefficient (Wildman–Crippen LogP) is 1.03. The lowest BCUT2D eigenvalue weighted by Gasteiger charge is -2.12. The molecule has 1 aromatic carbocycles. The highest BCUT2D eigenvalue weighted by Crippen LogP contribution is 2.17. The van der Waals surface area contributed by atoms with Crippen molar-refractivity contribution in [2.24, 2.45) is 5.73 Å². The van der Waals surface area contributed by atoms with Gasteiger partial charge in [0.1, 0.15) is 0 Å². The third-order valence-electron chi connectivity index (χ3n) is 2.51. The van der Waals surface area contributed by atoms with Crippen LogP contribution in [0, 0.1) is 6.92 Å². The number of carbonyl (C=O) groups excluding carboxylic acids is 2. The second-order valence-electron chi connectivity index (χ2n) is 4.17. The molecular weight excluding hydrogens is 230 g/mol. The molecule has 0 saturated carbocycles. The van der Waals surface area contributed by atoms with Crippen LogP contribution in [-0.2, 0) is 4.79 Å². The number of nitrogens with one attached hydrogen (secondary N) is 2. The lowest BCUT2D eigenvalue weighted by atomic mass is 10.1. The molecule has 0 spiro atoms. The Labute approximate surface area is 107 Å². The van der Waals surface area contributed by atoms with Crippen molar-refractivity contribution in [2.75, 3.05) is 11.9 Å². The average molecular weight is 249 g/mol. The van der Waals surface area contributed by atoms with Crippen LogP contribution in [0.25, 0.3) is 0 Å². The van der Waals surface area contributed by atoms with Crippen LogP contribution < -0.4 is 16.4 Å². The maximum atomic E-state index is 11.7. The van der Waals surface area contributed by atoms with Crippen LogP contribution in [0.1, 0.15) is 29.8 Å². The Morgan fingerprint density at radius 1 is 1.39 bits per heavy atom. The maximum Gasteiger partial charge on any atom is 0.251 e. The summed E-state index contributed by atoms with van der Waals surface area (Å²) in [5.41, 5.74) is 7.50. The first-order valence-electron chi connectivity index (χ1n) is 5.91. The van der Waals surface area contributed by atoms with Gasteiger partial charge in [-0.15, -0.1) is 0 Å². The first-order valence-corrected chi connectivity index (χ1v) is 5.91. The van der Waals surface area contributed by atoms with Gasteiger partial charge in [0.05, 0.1) is 6.04 Å². The minimum atomic E-state index is -0.586. The predicted molar refractivity (Wildman–Crippen MR) is 71.5 cm³/mol. The summed E-state index contributed by atoms with van der Waals surface area (Å²) in [4.78, 5) is 23.2. The Kier molecular flexibility index (Phi) is 4.85. The van der Waals surface area contributed by atoms with Gasteiger partial charge in [0.25, 0.3) is 5.91 Å². The van der Waals surface area contributed by atoms with Crippen molar-refractivity contribution in [3.63, 3.8) is 0 Å². The summed E-state index contributed by atoms with van der Waals surface area (Å²) in [6.45, 7) is 5.88. The molecule has 0 unspecified atom stereocenters. The molecule has 1 aromatic rings. The molecule has 0 aromatic heterocycles. The molecule has 0 fully saturated rings. The largest absolute Gasteiger partial charge is 0.352 e. The van der Waals surface area contributed by atoms with Gasteiger partial charge >= 0.3 is 0 Å². The molecule has 0 aliphatic carbocycles. The van der Waals surface area contributed by atoms with Crippen LogP contribution in [-0.4, -0.2) is 24.4 Å². The molecule has 5 nitrogen and oxygen atoms in total. The summed E-state index contributed by atoms with van der Waals surface area (Å²) in [7, 11) is 0. The van der Waals surface area contributed by atoms with E-state index in [0.717, 1.165) is 5.56 Å². The maximum absolute atomic E-state index is 11.7. The fourth-order valence-electron chi connectivity index (χ4n) is 1.41. The van der Waals surface area contributed by atoms with Gasteiger partial charge in [-0.05, 0) is 38.5 Å². The number of hydrogen-bond donors (Lipinski definition) is 3. The zero-order chi connectivity index (χ0) is 13.7. The molecule has 0 aliphatic rings. The number of carbonyl (C=O) groups is 2. The Balaban J connectivity index is 2.94. The summed E-state index contributed by atoms with van der Waals surface area (Å²) < 4.78 is 0. The number of anilines is 1. The molecule has 1 rings (SSSR count). The van der Waals surface area contributed by atoms with Crippen LogP contribution >= 0.6 is 0 Å². The Bertz CT molecular complexity index is 456. The monoisotopic (exact) mass is 249 g/mol. The van der Waals surface area contributed by atoms with Crippen molar-refractivity contribution < 1.29 is 9.59 Å². The Hall–Kier alpha value is -1.88. The van der Waals surface area contributed by atoms with E-state index in [0.29, 0.717) is 17.8 Å². The minimum absolute atomic E-state index is 0.159. The molecule has 2 amide bonds. The average Bonchev–Trinajstić information content (AvgIpc) is 2.31. The molecular formula is C13H19N3O2. The third kappa shape index (κ3) is 3.56. The quantitative estimate of drug-likeness (QED) is 0.745. The van der Waals surface area contributed by atoms with Gasteiger partial charge in [-0.1, -0.05) is 6.07 Å². The number of nitrogens with two attached hydrogens (primary N) is 1. The lowest BCUT2D eigenvalue weighted by Crippen LogP contribution is -2.32. The fraction of sp³-hybridized carbons (Fsp3) is 0.385. The van der Waals surface area contributed by atoms with Crippen molar-refractivity contribution in [1.82, 2.24) is 5.32 Å². The summed E-state index contributed by atoms with van der Waals surface area (Å²) >= 11 is 0. The Morgan fingerprint density at radius 2 is 2.06 bits per heavy atom. The molecule has 0 saturated heterocycles. The van der Waals surface area contributed by atoms with Gasteiger partial charge in [-0.2, -0.15) is 0 Å². The van der Waals surface area contributed by atoms with Crippen LogP contribution in [0.15, 0.2) is 18.2 Å². The smallest absolute Gasteiger partial charge is 0.251 e. The molecule has 4 N–H and O–H groups in total. The molecule has 0 heterocycles. The number of amides is 2. The normalized spacial score (nSPS) is 11.8. The number of rotatable bonds is 4. The van der Waals surface area contributed by atoms with Crippen molar-refractivity contribution >= 4 is 17.5 Å². The van der Waals surface area contributed by atoms with Gasteiger partial charge < -0.3 is 16.4 Å². The SMILES string of the molecule is CCNC(=O)c1ccc(C)c(NC(=O)[C@H](C)N)c1. The van der Waals surface area contributed by atoms with Crippen LogP contribution in [0.2, 0.25) is 0 Å². The van der Waals surface area contributed by atoms with E-state index in [4.69, 9.17) is 5.73 Å². The van der Waals surface area contributed by atoms with Crippen molar-refractivity contribution in [3.05, 3.63) is 29.3 Å². The zero-order valence-corrected chi connectivity index (χ0v) is 10.9. The van der Waals surface area contributed by atoms with Gasteiger partial charge in [0.2, 0.25) is 5.91 Å². The highest BCUT2D eigenvalue weighted by molar-refractivity contribution is 5.98. The lowest BCUT2D eigenvalue weighted by molar-refractivity contribution is -0.117. The van der Waals surface area contributed by atoms with Crippen molar-refractivity contribution in [3.8, 4) is 0 Å². The van der Waals surface area contributed by atoms with E-state index in [1.54, 1.807) is 25.1 Å². The molecule has 0 radical (unpaired) electrons. The van der Waals surface area contributed by atoms with Gasteiger partial charge in [0.15, 0.2) is 0 Å². The first-order chi connectivity index (χ1) is 8.45. The zero-order valence-electron chi connectivity index (χ0n) is 10.9. The number of benzene rings is 1. The van der Waals surface area contributed by atoms with E-state index in [1.165, 1.54) is 0 Å². The first kappa shape index (κ1) is 14.2. The van der Waals surface area contributed by atoms with Crippen molar-refractivity contribution in [2.45, 2.75) is 26.8 Å². The minimum Gasteiger partial charge on any atom is -0.352 e. The van der Waals surface area contributed by atoms with Crippen LogP contribution in [0.3, 0.4) is 0 Å². The van der Waals surface area contributed by atoms with Crippen LogP contribution in [0.4, 0.5) is 5.69 Å². The van der Waals surface area contributed by atoms with Gasteiger partial charge in [-0.25, -0.2) is 0 Å². The van der Waals surface area contributed by atoms with E-state index >= 15 is 0 Å². The molecule has 98 valence electrons. The highest BCUT2D eigenvalue weighted by atomic mass is 16.2. The van der Waals surface area contributed by atoms with Crippen molar-refractivity contribution in [1.29, 1.82) is 0 Å². The van der Waals surface area contributed by atoms with E-state index in [9.17, 15) is 9.59 Å². The standard InChI is InChI=1S/C13H19N3O2/c1-4-15-13(18)10-6-5-8(2)11(7-10)16-12(17)9(3)14/h5-7,9H,4,14H2,1-3H3,(H,15,18)(H,16,17)/t9-/m0/s1. The summed E-state index contributed by atoms with van der Waals surface area (Å²) in [6.07, 6.45) is 0. The molecule has 18 heavy (non-hydrogen) atoms. The van der Waals surface area contributed by atoms with Gasteiger partial charge in [0, 0.05) is 17.8 Å². The summed E-state index contributed by atoms with van der Waals surface area (Å²) in [5.74, 6) is -0.431. The number of aryl methyl sites for hydroxylation is 1. The third-order valence-corrected chi connectivity index (χ3v) is 2.51. The van der Waals surface area contributed by atoms with Gasteiger partial charge in [-0.3, -0.25) is 9.59 Å².